The van der Waals surface area contributed by atoms with Gasteiger partial charge in [0.1, 0.15) is 23.2 Å². The number of hydrogen-bond acceptors (Lipinski definition) is 10. The highest BCUT2D eigenvalue weighted by atomic mass is 16.5. The fourth-order valence-corrected chi connectivity index (χ4v) is 3.57. The van der Waals surface area contributed by atoms with E-state index in [0.717, 1.165) is 0 Å². The van der Waals surface area contributed by atoms with Crippen molar-refractivity contribution in [2.24, 2.45) is 0 Å². The van der Waals surface area contributed by atoms with Crippen LogP contribution in [0.1, 0.15) is 18.1 Å². The Hall–Kier alpha value is -4.41. The Morgan fingerprint density at radius 1 is 1.03 bits per heavy atom. The van der Waals surface area contributed by atoms with E-state index in [1.807, 2.05) is 18.2 Å². The van der Waals surface area contributed by atoms with Gasteiger partial charge in [0.25, 0.3) is 0 Å². The first-order chi connectivity index (χ1) is 16.1. The van der Waals surface area contributed by atoms with Crippen LogP contribution in [0.5, 0.6) is 6.01 Å². The summed E-state index contributed by atoms with van der Waals surface area (Å²) in [6.07, 6.45) is 3.92. The molecule has 11 nitrogen and oxygen atoms in total. The van der Waals surface area contributed by atoms with Crippen molar-refractivity contribution in [2.75, 3.05) is 26.0 Å². The van der Waals surface area contributed by atoms with Crippen molar-refractivity contribution in [1.29, 1.82) is 0 Å². The Morgan fingerprint density at radius 2 is 1.82 bits per heavy atom. The second-order valence-electron chi connectivity index (χ2n) is 7.44. The lowest BCUT2D eigenvalue weighted by Gasteiger charge is -2.07. The number of pyridine rings is 1. The molecule has 4 aromatic rings. The molecule has 1 fully saturated rings. The molecule has 4 aromatic heterocycles. The summed E-state index contributed by atoms with van der Waals surface area (Å²) in [5.41, 5.74) is 2.44. The van der Waals surface area contributed by atoms with Crippen LogP contribution >= 0.6 is 0 Å². The molecule has 5 rings (SSSR count). The Bertz CT molecular complexity index is 1310. The molecule has 1 atom stereocenters. The molecule has 5 heterocycles. The summed E-state index contributed by atoms with van der Waals surface area (Å²) >= 11 is 0. The molecule has 0 unspecified atom stereocenters. The van der Waals surface area contributed by atoms with Gasteiger partial charge in [0.05, 0.1) is 24.2 Å². The maximum atomic E-state index is 12.3. The number of ether oxygens (including phenoxy) is 1. The highest BCUT2D eigenvalue weighted by Crippen LogP contribution is 2.30. The van der Waals surface area contributed by atoms with Crippen LogP contribution in [0, 0.1) is 0 Å². The van der Waals surface area contributed by atoms with Gasteiger partial charge in [-0.15, -0.1) is 0 Å². The minimum atomic E-state index is -0.296. The highest BCUT2D eigenvalue weighted by Gasteiger charge is 2.33. The topological polar surface area (TPSA) is 132 Å². The second kappa shape index (κ2) is 8.61. The highest BCUT2D eigenvalue weighted by molar-refractivity contribution is 5.85. The molecule has 1 N–H and O–H groups in total. The molecule has 0 saturated carbocycles. The van der Waals surface area contributed by atoms with E-state index in [9.17, 15) is 4.79 Å². The van der Waals surface area contributed by atoms with Crippen molar-refractivity contribution in [1.82, 2.24) is 35.0 Å². The molecule has 0 bridgehead atoms. The van der Waals surface area contributed by atoms with Gasteiger partial charge in [0.15, 0.2) is 0 Å². The molecule has 1 saturated heterocycles. The van der Waals surface area contributed by atoms with Crippen molar-refractivity contribution in [2.45, 2.75) is 12.3 Å². The summed E-state index contributed by atoms with van der Waals surface area (Å²) in [4.78, 5) is 35.6. The van der Waals surface area contributed by atoms with Crippen LogP contribution in [0.3, 0.4) is 0 Å². The lowest BCUT2D eigenvalue weighted by molar-refractivity contribution is -0.128. The summed E-state index contributed by atoms with van der Waals surface area (Å²) in [5, 5.41) is 7.17. The number of methoxy groups -OCH3 is 1. The van der Waals surface area contributed by atoms with Crippen molar-refractivity contribution in [3.63, 3.8) is 0 Å². The van der Waals surface area contributed by atoms with E-state index in [1.54, 1.807) is 42.5 Å². The molecule has 1 amide bonds. The van der Waals surface area contributed by atoms with E-state index in [4.69, 9.17) is 9.26 Å². The standard InChI is InChI=1S/C22H20N8O3/c1-30-11-8-13(20(30)31)18-12-17(29-33-18)15-5-3-4-14(25-15)16-6-9-23-21(26-16)27-19-7-10-24-22(28-19)32-2/h3-7,9-10,12-13H,8,11H2,1-2H3,(H,23,24,26,27,28)/t13-/m0/s1. The Balaban J connectivity index is 1.38. The number of rotatable bonds is 6. The third kappa shape index (κ3) is 4.20. The number of likely N-dealkylation sites (N-methyl/N-ethyl adjacent to an activating group) is 1. The molecule has 1 aliphatic rings. The van der Waals surface area contributed by atoms with Gasteiger partial charge in [-0.3, -0.25) is 4.79 Å². The number of hydrogen-bond donors (Lipinski definition) is 1. The predicted molar refractivity (Wildman–Crippen MR) is 118 cm³/mol. The summed E-state index contributed by atoms with van der Waals surface area (Å²) in [7, 11) is 3.29. The molecule has 33 heavy (non-hydrogen) atoms. The maximum absolute atomic E-state index is 12.3. The molecular weight excluding hydrogens is 424 g/mol. The molecule has 0 aliphatic carbocycles. The van der Waals surface area contributed by atoms with Gasteiger partial charge in [-0.25, -0.2) is 19.9 Å². The average molecular weight is 444 g/mol. The number of nitrogens with one attached hydrogen (secondary N) is 1. The Kier molecular flexibility index (Phi) is 5.35. The normalized spacial score (nSPS) is 15.6. The van der Waals surface area contributed by atoms with Gasteiger partial charge in [0.2, 0.25) is 11.9 Å². The zero-order valence-electron chi connectivity index (χ0n) is 18.0. The zero-order chi connectivity index (χ0) is 22.8. The van der Waals surface area contributed by atoms with Crippen LogP contribution in [-0.2, 0) is 4.79 Å². The SMILES string of the molecule is COc1nccc(Nc2nccc(-c3cccc(-c4cc([C@@H]5CCN(C)C5=O)on4)n3)n2)n1. The molecule has 0 spiro atoms. The molecular formula is C22H20N8O3. The van der Waals surface area contributed by atoms with Gasteiger partial charge >= 0.3 is 6.01 Å². The summed E-state index contributed by atoms with van der Waals surface area (Å²) in [6.45, 7) is 0.707. The van der Waals surface area contributed by atoms with E-state index < -0.39 is 0 Å². The van der Waals surface area contributed by atoms with Crippen LogP contribution in [0.15, 0.2) is 53.3 Å². The van der Waals surface area contributed by atoms with E-state index in [1.165, 1.54) is 7.11 Å². The van der Waals surface area contributed by atoms with Crippen molar-refractivity contribution in [3.05, 3.63) is 54.6 Å². The number of carbonyl (C=O) groups excluding carboxylic acids is 1. The van der Waals surface area contributed by atoms with Gasteiger partial charge in [0, 0.05) is 32.1 Å². The molecule has 11 heteroatoms. The van der Waals surface area contributed by atoms with Crippen LogP contribution in [0.25, 0.3) is 22.8 Å². The van der Waals surface area contributed by atoms with Crippen LogP contribution in [0.2, 0.25) is 0 Å². The smallest absolute Gasteiger partial charge is 0.318 e. The first kappa shape index (κ1) is 20.5. The minimum Gasteiger partial charge on any atom is -0.467 e. The van der Waals surface area contributed by atoms with Crippen LogP contribution in [-0.4, -0.2) is 61.6 Å². The first-order valence-electron chi connectivity index (χ1n) is 10.3. The number of aromatic nitrogens is 6. The fraction of sp³-hybridized carbons (Fsp3) is 0.227. The average Bonchev–Trinajstić information content (AvgIpc) is 3.46. The Labute approximate surface area is 188 Å². The van der Waals surface area contributed by atoms with Crippen molar-refractivity contribution in [3.8, 4) is 28.8 Å². The first-order valence-corrected chi connectivity index (χ1v) is 10.3. The van der Waals surface area contributed by atoms with E-state index in [-0.39, 0.29) is 17.8 Å². The van der Waals surface area contributed by atoms with Gasteiger partial charge in [-0.05, 0) is 30.7 Å². The minimum absolute atomic E-state index is 0.0433. The molecule has 166 valence electrons. The van der Waals surface area contributed by atoms with E-state index in [0.29, 0.717) is 53.3 Å². The zero-order valence-corrected chi connectivity index (χ0v) is 18.0. The quantitative estimate of drug-likeness (QED) is 0.473. The van der Waals surface area contributed by atoms with Gasteiger partial charge in [-0.1, -0.05) is 11.2 Å². The lowest BCUT2D eigenvalue weighted by Crippen LogP contribution is -2.21. The number of likely N-dealkylation sites (tertiary alicyclic amines) is 1. The number of anilines is 2. The van der Waals surface area contributed by atoms with Crippen LogP contribution < -0.4 is 10.1 Å². The summed E-state index contributed by atoms with van der Waals surface area (Å²) < 4.78 is 10.5. The number of carbonyl (C=O) groups is 1. The number of nitrogens with zero attached hydrogens (tertiary/aromatic N) is 7. The molecule has 0 aromatic carbocycles. The van der Waals surface area contributed by atoms with Crippen LogP contribution in [0.4, 0.5) is 11.8 Å². The maximum Gasteiger partial charge on any atom is 0.318 e. The fourth-order valence-electron chi connectivity index (χ4n) is 3.57. The monoisotopic (exact) mass is 444 g/mol. The van der Waals surface area contributed by atoms with Gasteiger partial charge < -0.3 is 19.5 Å². The van der Waals surface area contributed by atoms with Gasteiger partial charge in [-0.2, -0.15) is 4.98 Å². The number of amides is 1. The predicted octanol–water partition coefficient (Wildman–Crippen LogP) is 2.68. The Morgan fingerprint density at radius 3 is 2.61 bits per heavy atom. The second-order valence-corrected chi connectivity index (χ2v) is 7.44. The third-order valence-electron chi connectivity index (χ3n) is 5.28. The molecule has 1 aliphatic heterocycles. The largest absolute Gasteiger partial charge is 0.467 e. The van der Waals surface area contributed by atoms with E-state index >= 15 is 0 Å². The third-order valence-corrected chi connectivity index (χ3v) is 5.28. The summed E-state index contributed by atoms with van der Waals surface area (Å²) in [5.74, 6) is 1.16. The lowest BCUT2D eigenvalue weighted by atomic mass is 10.0. The van der Waals surface area contributed by atoms with Crippen molar-refractivity contribution >= 4 is 17.7 Å². The summed E-state index contributed by atoms with van der Waals surface area (Å²) in [6, 6.07) is 11.0. The molecule has 0 radical (unpaired) electrons. The van der Waals surface area contributed by atoms with E-state index in [2.05, 4.69) is 35.4 Å². The van der Waals surface area contributed by atoms with Crippen molar-refractivity contribution < 1.29 is 14.1 Å².